The molecule has 1 saturated carbocycles. The van der Waals surface area contributed by atoms with E-state index in [4.69, 9.17) is 4.74 Å². The molecule has 1 aromatic rings. The molecule has 3 rings (SSSR count). The molecule has 0 bridgehead atoms. The zero-order valence-corrected chi connectivity index (χ0v) is 10.5. The molecule has 1 unspecified atom stereocenters. The predicted molar refractivity (Wildman–Crippen MR) is 65.7 cm³/mol. The van der Waals surface area contributed by atoms with Gasteiger partial charge in [-0.3, -0.25) is 4.68 Å². The van der Waals surface area contributed by atoms with E-state index < -0.39 is 0 Å². The first kappa shape index (κ1) is 11.2. The number of aromatic nitrogens is 2. The molecule has 0 radical (unpaired) electrons. The highest BCUT2D eigenvalue weighted by Crippen LogP contribution is 2.42. The van der Waals surface area contributed by atoms with Crippen LogP contribution >= 0.6 is 0 Å². The van der Waals surface area contributed by atoms with Gasteiger partial charge in [0.25, 0.3) is 0 Å². The number of ether oxygens (including phenoxy) is 1. The van der Waals surface area contributed by atoms with Crippen LogP contribution in [0.5, 0.6) is 0 Å². The molecule has 1 atom stereocenters. The summed E-state index contributed by atoms with van der Waals surface area (Å²) < 4.78 is 8.17. The molecule has 2 heterocycles. The number of rotatable bonds is 1. The van der Waals surface area contributed by atoms with E-state index in [-0.39, 0.29) is 5.60 Å². The molecule has 1 saturated heterocycles. The van der Waals surface area contributed by atoms with Gasteiger partial charge in [-0.25, -0.2) is 0 Å². The van der Waals surface area contributed by atoms with Gasteiger partial charge < -0.3 is 10.1 Å². The zero-order chi connectivity index (χ0) is 11.7. The molecule has 17 heavy (non-hydrogen) atoms. The van der Waals surface area contributed by atoms with Crippen LogP contribution in [-0.2, 0) is 11.8 Å². The molecule has 2 aliphatic rings. The molecule has 4 nitrogen and oxygen atoms in total. The van der Waals surface area contributed by atoms with Gasteiger partial charge in [0.05, 0.1) is 23.9 Å². The lowest BCUT2D eigenvalue weighted by Crippen LogP contribution is -2.53. The summed E-state index contributed by atoms with van der Waals surface area (Å²) in [5.41, 5.74) is 1.27. The van der Waals surface area contributed by atoms with Gasteiger partial charge in [0, 0.05) is 19.8 Å². The maximum Gasteiger partial charge on any atom is 0.0892 e. The summed E-state index contributed by atoms with van der Waals surface area (Å²) in [6.45, 7) is 1.78. The van der Waals surface area contributed by atoms with Crippen LogP contribution in [0.25, 0.3) is 0 Å². The van der Waals surface area contributed by atoms with Crippen molar-refractivity contribution >= 4 is 0 Å². The highest BCUT2D eigenvalue weighted by Gasteiger charge is 2.44. The second-order valence-electron chi connectivity index (χ2n) is 5.24. The number of aryl methyl sites for hydroxylation is 1. The van der Waals surface area contributed by atoms with E-state index in [1.807, 2.05) is 17.9 Å². The standard InChI is InChI=1S/C13H21N3O/c1-16-11(5-8-15-16)12-13(17-10-9-14-12)6-3-2-4-7-13/h5,8,12,14H,2-4,6-7,9-10H2,1H3. The Labute approximate surface area is 102 Å². The first-order valence-electron chi connectivity index (χ1n) is 6.67. The molecular weight excluding hydrogens is 214 g/mol. The molecule has 0 aromatic carbocycles. The van der Waals surface area contributed by atoms with Crippen LogP contribution in [0.2, 0.25) is 0 Å². The minimum absolute atomic E-state index is 0.0181. The van der Waals surface area contributed by atoms with Crippen molar-refractivity contribution in [2.24, 2.45) is 7.05 Å². The van der Waals surface area contributed by atoms with Crippen LogP contribution in [-0.4, -0.2) is 28.5 Å². The highest BCUT2D eigenvalue weighted by molar-refractivity contribution is 5.15. The number of nitrogens with one attached hydrogen (secondary N) is 1. The SMILES string of the molecule is Cn1nccc1C1NCCOC12CCCCC2. The van der Waals surface area contributed by atoms with Gasteiger partial charge in [-0.05, 0) is 18.9 Å². The van der Waals surface area contributed by atoms with Gasteiger partial charge in [-0.15, -0.1) is 0 Å². The van der Waals surface area contributed by atoms with Crippen LogP contribution in [0.15, 0.2) is 12.3 Å². The van der Waals surface area contributed by atoms with Crippen molar-refractivity contribution in [1.82, 2.24) is 15.1 Å². The van der Waals surface area contributed by atoms with Crippen molar-refractivity contribution in [1.29, 1.82) is 0 Å². The Morgan fingerprint density at radius 2 is 2.24 bits per heavy atom. The number of morpholine rings is 1. The third-order valence-electron chi connectivity index (χ3n) is 4.22. The van der Waals surface area contributed by atoms with Crippen LogP contribution in [0.3, 0.4) is 0 Å². The van der Waals surface area contributed by atoms with Crippen LogP contribution < -0.4 is 5.32 Å². The smallest absolute Gasteiger partial charge is 0.0892 e. The zero-order valence-electron chi connectivity index (χ0n) is 10.5. The van der Waals surface area contributed by atoms with E-state index in [0.717, 1.165) is 13.2 Å². The Morgan fingerprint density at radius 3 is 2.94 bits per heavy atom. The summed E-state index contributed by atoms with van der Waals surface area (Å²) >= 11 is 0. The van der Waals surface area contributed by atoms with Crippen molar-refractivity contribution in [2.75, 3.05) is 13.2 Å². The maximum atomic E-state index is 6.19. The fourth-order valence-electron chi connectivity index (χ4n) is 3.35. The van der Waals surface area contributed by atoms with Crippen molar-refractivity contribution < 1.29 is 4.74 Å². The molecule has 1 aliphatic heterocycles. The van der Waals surface area contributed by atoms with E-state index in [0.29, 0.717) is 6.04 Å². The summed E-state index contributed by atoms with van der Waals surface area (Å²) in [6, 6.07) is 2.42. The minimum Gasteiger partial charge on any atom is -0.372 e. The maximum absolute atomic E-state index is 6.19. The lowest BCUT2D eigenvalue weighted by molar-refractivity contribution is -0.120. The summed E-state index contributed by atoms with van der Waals surface area (Å²) in [7, 11) is 2.02. The number of hydrogen-bond acceptors (Lipinski definition) is 3. The summed E-state index contributed by atoms with van der Waals surface area (Å²) in [6.07, 6.45) is 8.16. The topological polar surface area (TPSA) is 39.1 Å². The third kappa shape index (κ3) is 1.89. The van der Waals surface area contributed by atoms with Gasteiger partial charge in [0.2, 0.25) is 0 Å². The molecule has 1 aromatic heterocycles. The second kappa shape index (κ2) is 4.42. The summed E-state index contributed by atoms with van der Waals surface area (Å²) in [4.78, 5) is 0. The largest absolute Gasteiger partial charge is 0.372 e. The fraction of sp³-hybridized carbons (Fsp3) is 0.769. The minimum atomic E-state index is 0.0181. The predicted octanol–water partition coefficient (Wildman–Crippen LogP) is 1.78. The van der Waals surface area contributed by atoms with Crippen LogP contribution in [0.1, 0.15) is 43.8 Å². The molecule has 0 amide bonds. The molecule has 94 valence electrons. The van der Waals surface area contributed by atoms with Gasteiger partial charge >= 0.3 is 0 Å². The Morgan fingerprint density at radius 1 is 1.41 bits per heavy atom. The van der Waals surface area contributed by atoms with Crippen molar-refractivity contribution in [3.05, 3.63) is 18.0 Å². The van der Waals surface area contributed by atoms with E-state index in [9.17, 15) is 0 Å². The number of nitrogens with zero attached hydrogens (tertiary/aromatic N) is 2. The fourth-order valence-corrected chi connectivity index (χ4v) is 3.35. The van der Waals surface area contributed by atoms with Crippen molar-refractivity contribution in [3.8, 4) is 0 Å². The molecule has 1 N–H and O–H groups in total. The summed E-state index contributed by atoms with van der Waals surface area (Å²) in [5.74, 6) is 0. The van der Waals surface area contributed by atoms with E-state index in [1.54, 1.807) is 0 Å². The Bertz CT molecular complexity index is 374. The lowest BCUT2D eigenvalue weighted by atomic mass is 9.77. The normalized spacial score (nSPS) is 28.4. The highest BCUT2D eigenvalue weighted by atomic mass is 16.5. The summed E-state index contributed by atoms with van der Waals surface area (Å²) in [5, 5.41) is 7.93. The van der Waals surface area contributed by atoms with Gasteiger partial charge in [-0.1, -0.05) is 19.3 Å². The lowest BCUT2D eigenvalue weighted by Gasteiger charge is -2.46. The van der Waals surface area contributed by atoms with E-state index >= 15 is 0 Å². The van der Waals surface area contributed by atoms with Crippen LogP contribution in [0, 0.1) is 0 Å². The number of hydrogen-bond donors (Lipinski definition) is 1. The Hall–Kier alpha value is -0.870. The average molecular weight is 235 g/mol. The quantitative estimate of drug-likeness (QED) is 0.806. The van der Waals surface area contributed by atoms with Crippen molar-refractivity contribution in [3.63, 3.8) is 0 Å². The molecule has 1 spiro atoms. The molecule has 2 fully saturated rings. The average Bonchev–Trinajstić information content (AvgIpc) is 2.77. The monoisotopic (exact) mass is 235 g/mol. The molecule has 1 aliphatic carbocycles. The first-order valence-corrected chi connectivity index (χ1v) is 6.67. The first-order chi connectivity index (χ1) is 8.32. The van der Waals surface area contributed by atoms with Gasteiger partial charge in [0.1, 0.15) is 0 Å². The Kier molecular flexibility index (Phi) is 2.92. The second-order valence-corrected chi connectivity index (χ2v) is 5.24. The van der Waals surface area contributed by atoms with Gasteiger partial charge in [-0.2, -0.15) is 5.10 Å². The van der Waals surface area contributed by atoms with E-state index in [1.165, 1.54) is 37.8 Å². The van der Waals surface area contributed by atoms with E-state index in [2.05, 4.69) is 16.5 Å². The Balaban J connectivity index is 1.92. The molecular formula is C13H21N3O. The van der Waals surface area contributed by atoms with Gasteiger partial charge in [0.15, 0.2) is 0 Å². The van der Waals surface area contributed by atoms with Crippen molar-refractivity contribution in [2.45, 2.75) is 43.7 Å². The third-order valence-corrected chi connectivity index (χ3v) is 4.22. The van der Waals surface area contributed by atoms with Crippen LogP contribution in [0.4, 0.5) is 0 Å². The molecule has 4 heteroatoms.